The first-order valence-corrected chi connectivity index (χ1v) is 12.8. The van der Waals surface area contributed by atoms with Crippen LogP contribution >= 0.6 is 34.8 Å². The minimum atomic E-state index is -0.700. The first-order chi connectivity index (χ1) is 17.4. The Morgan fingerprint density at radius 2 is 1.46 bits per heavy atom. The molecule has 202 valence electrons. The molecule has 2 aromatic carbocycles. The Labute approximate surface area is 231 Å². The Balaban J connectivity index is 1.80. The van der Waals surface area contributed by atoms with Gasteiger partial charge in [0.05, 0.1) is 26.4 Å². The Hall–Kier alpha value is -2.88. The molecule has 0 saturated carbocycles. The standard InChI is InChI=1S/C25H31Cl3N4O5/c1-25(2,3)37-24(36)30-14-7-5-4-6-13-29-22(34)19-15(26)11-12-18(21(19)33)32-23(35)31-17-10-8-9-16(27)20(17)28/h8-12,33H,4-7,13-14H2,1-3H3,(H,29,34)(H,30,36)(H2,31,32,35). The molecule has 5 N–H and O–H groups in total. The summed E-state index contributed by atoms with van der Waals surface area (Å²) in [4.78, 5) is 36.6. The van der Waals surface area contributed by atoms with E-state index in [4.69, 9.17) is 39.5 Å². The number of carbonyl (C=O) groups is 3. The summed E-state index contributed by atoms with van der Waals surface area (Å²) in [6.45, 7) is 6.27. The number of aromatic hydroxyl groups is 1. The number of phenolic OH excluding ortho intramolecular Hbond substituents is 1. The molecule has 12 heteroatoms. The molecule has 9 nitrogen and oxygen atoms in total. The molecule has 0 spiro atoms. The van der Waals surface area contributed by atoms with Crippen LogP contribution in [0.4, 0.5) is 21.0 Å². The molecule has 0 fully saturated rings. The molecular formula is C25H31Cl3N4O5. The zero-order chi connectivity index (χ0) is 27.6. The topological polar surface area (TPSA) is 129 Å². The van der Waals surface area contributed by atoms with Crippen molar-refractivity contribution in [3.05, 3.63) is 51.0 Å². The second kappa shape index (κ2) is 14.2. The summed E-state index contributed by atoms with van der Waals surface area (Å²) in [6.07, 6.45) is 2.69. The number of halogens is 3. The number of ether oxygens (including phenoxy) is 1. The highest BCUT2D eigenvalue weighted by Crippen LogP contribution is 2.34. The van der Waals surface area contributed by atoms with Gasteiger partial charge < -0.3 is 31.1 Å². The maximum atomic E-state index is 12.6. The smallest absolute Gasteiger partial charge is 0.407 e. The fourth-order valence-electron chi connectivity index (χ4n) is 3.16. The van der Waals surface area contributed by atoms with Gasteiger partial charge in [-0.15, -0.1) is 0 Å². The van der Waals surface area contributed by atoms with Gasteiger partial charge in [0.2, 0.25) is 0 Å². The largest absolute Gasteiger partial charge is 0.505 e. The van der Waals surface area contributed by atoms with Crippen LogP contribution in [0.25, 0.3) is 0 Å². The van der Waals surface area contributed by atoms with Crippen LogP contribution in [0.15, 0.2) is 30.3 Å². The lowest BCUT2D eigenvalue weighted by Crippen LogP contribution is -2.33. The van der Waals surface area contributed by atoms with E-state index in [2.05, 4.69) is 21.3 Å². The van der Waals surface area contributed by atoms with Crippen LogP contribution in [0.3, 0.4) is 0 Å². The van der Waals surface area contributed by atoms with Crippen molar-refractivity contribution >= 4 is 64.2 Å². The van der Waals surface area contributed by atoms with Crippen molar-refractivity contribution in [2.75, 3.05) is 23.7 Å². The average Bonchev–Trinajstić information content (AvgIpc) is 2.79. The summed E-state index contributed by atoms with van der Waals surface area (Å²) in [7, 11) is 0. The second-order valence-electron chi connectivity index (χ2n) is 9.10. The van der Waals surface area contributed by atoms with Gasteiger partial charge in [-0.1, -0.05) is 53.7 Å². The maximum Gasteiger partial charge on any atom is 0.407 e. The number of hydrogen-bond donors (Lipinski definition) is 5. The number of rotatable bonds is 10. The third-order valence-corrected chi connectivity index (χ3v) is 5.99. The predicted octanol–water partition coefficient (Wildman–Crippen LogP) is 6.81. The number of alkyl carbamates (subject to hydrolysis) is 1. The highest BCUT2D eigenvalue weighted by molar-refractivity contribution is 6.44. The van der Waals surface area contributed by atoms with E-state index in [1.165, 1.54) is 12.1 Å². The molecule has 0 aromatic heterocycles. The number of phenols is 1. The van der Waals surface area contributed by atoms with Gasteiger partial charge in [0, 0.05) is 13.1 Å². The lowest BCUT2D eigenvalue weighted by Gasteiger charge is -2.19. The average molecular weight is 574 g/mol. The molecule has 37 heavy (non-hydrogen) atoms. The Morgan fingerprint density at radius 3 is 2.11 bits per heavy atom. The number of unbranched alkanes of at least 4 members (excludes halogenated alkanes) is 3. The molecule has 0 atom stereocenters. The van der Waals surface area contributed by atoms with Crippen molar-refractivity contribution < 1.29 is 24.2 Å². The number of carbonyl (C=O) groups excluding carboxylic acids is 3. The molecule has 0 heterocycles. The molecule has 0 aliphatic heterocycles. The van der Waals surface area contributed by atoms with Crippen LogP contribution < -0.4 is 21.3 Å². The van der Waals surface area contributed by atoms with Crippen molar-refractivity contribution in [2.45, 2.75) is 52.1 Å². The molecule has 0 saturated heterocycles. The lowest BCUT2D eigenvalue weighted by molar-refractivity contribution is 0.0526. The molecule has 0 unspecified atom stereocenters. The molecule has 0 aliphatic carbocycles. The van der Waals surface area contributed by atoms with Gasteiger partial charge in [-0.05, 0) is 57.9 Å². The van der Waals surface area contributed by atoms with E-state index in [0.29, 0.717) is 19.5 Å². The van der Waals surface area contributed by atoms with Crippen LogP contribution in [0.2, 0.25) is 15.1 Å². The predicted molar refractivity (Wildman–Crippen MR) is 147 cm³/mol. The van der Waals surface area contributed by atoms with Gasteiger partial charge in [0.25, 0.3) is 5.91 Å². The third-order valence-electron chi connectivity index (χ3n) is 4.86. The van der Waals surface area contributed by atoms with E-state index in [1.807, 2.05) is 0 Å². The number of benzene rings is 2. The lowest BCUT2D eigenvalue weighted by atomic mass is 10.1. The van der Waals surface area contributed by atoms with E-state index >= 15 is 0 Å². The van der Waals surface area contributed by atoms with Crippen molar-refractivity contribution in [1.29, 1.82) is 0 Å². The summed E-state index contributed by atoms with van der Waals surface area (Å²) in [6, 6.07) is 6.83. The fraction of sp³-hybridized carbons (Fsp3) is 0.400. The summed E-state index contributed by atoms with van der Waals surface area (Å²) in [5.74, 6) is -1.04. The first-order valence-electron chi connectivity index (χ1n) is 11.7. The summed E-state index contributed by atoms with van der Waals surface area (Å²) < 4.78 is 5.17. The second-order valence-corrected chi connectivity index (χ2v) is 10.3. The van der Waals surface area contributed by atoms with Gasteiger partial charge in [-0.2, -0.15) is 0 Å². The molecular weight excluding hydrogens is 543 g/mol. The minimum Gasteiger partial charge on any atom is -0.505 e. The van der Waals surface area contributed by atoms with E-state index in [9.17, 15) is 19.5 Å². The highest BCUT2D eigenvalue weighted by atomic mass is 35.5. The van der Waals surface area contributed by atoms with Crippen LogP contribution in [0.1, 0.15) is 56.8 Å². The van der Waals surface area contributed by atoms with Crippen molar-refractivity contribution in [3.8, 4) is 5.75 Å². The van der Waals surface area contributed by atoms with Gasteiger partial charge in [0.1, 0.15) is 11.2 Å². The molecule has 2 rings (SSSR count). The van der Waals surface area contributed by atoms with Gasteiger partial charge in [-0.25, -0.2) is 9.59 Å². The fourth-order valence-corrected chi connectivity index (χ4v) is 3.74. The SMILES string of the molecule is CC(C)(C)OC(=O)NCCCCCCNC(=O)c1c(Cl)ccc(NC(=O)Nc2cccc(Cl)c2Cl)c1O. The Kier molecular flexibility index (Phi) is 11.6. The third kappa shape index (κ3) is 10.2. The number of hydrogen-bond acceptors (Lipinski definition) is 5. The molecule has 4 amide bonds. The van der Waals surface area contributed by atoms with Gasteiger partial charge in [-0.3, -0.25) is 4.79 Å². The van der Waals surface area contributed by atoms with Crippen LogP contribution in [0.5, 0.6) is 5.75 Å². The zero-order valence-corrected chi connectivity index (χ0v) is 23.1. The minimum absolute atomic E-state index is 0.0114. The molecule has 0 radical (unpaired) electrons. The summed E-state index contributed by atoms with van der Waals surface area (Å²) in [5.41, 5.74) is -0.421. The first kappa shape index (κ1) is 30.3. The quantitative estimate of drug-likeness (QED) is 0.157. The number of anilines is 2. The number of amides is 4. The Morgan fingerprint density at radius 1 is 0.838 bits per heavy atom. The van der Waals surface area contributed by atoms with Crippen LogP contribution in [0, 0.1) is 0 Å². The highest BCUT2D eigenvalue weighted by Gasteiger charge is 2.20. The molecule has 0 aliphatic rings. The zero-order valence-electron chi connectivity index (χ0n) is 20.8. The van der Waals surface area contributed by atoms with Crippen molar-refractivity contribution in [1.82, 2.24) is 10.6 Å². The monoisotopic (exact) mass is 572 g/mol. The van der Waals surface area contributed by atoms with E-state index in [-0.39, 0.29) is 32.0 Å². The van der Waals surface area contributed by atoms with E-state index in [0.717, 1.165) is 19.3 Å². The summed E-state index contributed by atoms with van der Waals surface area (Å²) >= 11 is 18.2. The van der Waals surface area contributed by atoms with E-state index in [1.54, 1.807) is 39.0 Å². The molecule has 2 aromatic rings. The molecule has 0 bridgehead atoms. The normalized spacial score (nSPS) is 11.0. The Bertz CT molecular complexity index is 1120. The van der Waals surface area contributed by atoms with Crippen molar-refractivity contribution in [2.24, 2.45) is 0 Å². The number of nitrogens with one attached hydrogen (secondary N) is 4. The van der Waals surface area contributed by atoms with Gasteiger partial charge in [0.15, 0.2) is 5.75 Å². The maximum absolute atomic E-state index is 12.6. The summed E-state index contributed by atoms with van der Waals surface area (Å²) in [5, 5.41) is 21.5. The van der Waals surface area contributed by atoms with Crippen LogP contribution in [-0.2, 0) is 4.74 Å². The van der Waals surface area contributed by atoms with Crippen LogP contribution in [-0.4, -0.2) is 41.8 Å². The van der Waals surface area contributed by atoms with E-state index < -0.39 is 29.4 Å². The van der Waals surface area contributed by atoms with Gasteiger partial charge >= 0.3 is 12.1 Å². The van der Waals surface area contributed by atoms with Crippen molar-refractivity contribution in [3.63, 3.8) is 0 Å². The number of urea groups is 1.